The molecular weight excluding hydrogens is 272 g/mol. The Balaban J connectivity index is 2.72. The minimum atomic E-state index is -0.516. The number of amides is 1. The molecule has 0 aliphatic heterocycles. The zero-order chi connectivity index (χ0) is 15.7. The molecule has 0 spiro atoms. The molecule has 1 aromatic rings. The van der Waals surface area contributed by atoms with E-state index in [1.807, 2.05) is 6.92 Å². The Morgan fingerprint density at radius 1 is 1.52 bits per heavy atom. The van der Waals surface area contributed by atoms with Gasteiger partial charge in [0.2, 0.25) is 0 Å². The van der Waals surface area contributed by atoms with Crippen LogP contribution in [0.3, 0.4) is 0 Å². The highest BCUT2D eigenvalue weighted by Gasteiger charge is 2.08. The van der Waals surface area contributed by atoms with Crippen LogP contribution in [-0.4, -0.2) is 17.4 Å². The highest BCUT2D eigenvalue weighted by Crippen LogP contribution is 2.17. The number of hydrogen-bond acceptors (Lipinski definition) is 5. The summed E-state index contributed by atoms with van der Waals surface area (Å²) in [6, 6.07) is 7.59. The number of unbranched alkanes of at least 4 members (excludes halogenated alkanes) is 1. The highest BCUT2D eigenvalue weighted by atomic mass is 16.6. The summed E-state index contributed by atoms with van der Waals surface area (Å²) in [7, 11) is 0. The first-order valence-corrected chi connectivity index (χ1v) is 6.48. The molecule has 7 nitrogen and oxygen atoms in total. The monoisotopic (exact) mass is 288 g/mol. The van der Waals surface area contributed by atoms with Crippen LogP contribution in [0.15, 0.2) is 36.0 Å². The van der Waals surface area contributed by atoms with Crippen LogP contribution in [0.4, 0.5) is 11.4 Å². The largest absolute Gasteiger partial charge is 0.360 e. The summed E-state index contributed by atoms with van der Waals surface area (Å²) in [6.07, 6.45) is 3.01. The van der Waals surface area contributed by atoms with E-state index in [9.17, 15) is 14.9 Å². The number of non-ortho nitro benzene ring substituents is 1. The van der Waals surface area contributed by atoms with Gasteiger partial charge in [0.1, 0.15) is 11.6 Å². The maximum Gasteiger partial charge on any atom is 0.271 e. The molecule has 0 aliphatic rings. The number of rotatable bonds is 7. The van der Waals surface area contributed by atoms with E-state index in [1.54, 1.807) is 12.1 Å². The van der Waals surface area contributed by atoms with Gasteiger partial charge >= 0.3 is 0 Å². The van der Waals surface area contributed by atoms with Crippen molar-refractivity contribution in [3.63, 3.8) is 0 Å². The van der Waals surface area contributed by atoms with Gasteiger partial charge in [-0.1, -0.05) is 19.4 Å². The number of nitriles is 1. The van der Waals surface area contributed by atoms with Crippen LogP contribution in [0, 0.1) is 21.4 Å². The van der Waals surface area contributed by atoms with E-state index in [0.717, 1.165) is 12.8 Å². The molecule has 0 aliphatic carbocycles. The van der Waals surface area contributed by atoms with E-state index < -0.39 is 10.8 Å². The predicted molar refractivity (Wildman–Crippen MR) is 78.3 cm³/mol. The third-order valence-corrected chi connectivity index (χ3v) is 2.62. The molecule has 0 saturated heterocycles. The van der Waals surface area contributed by atoms with Crippen LogP contribution >= 0.6 is 0 Å². The lowest BCUT2D eigenvalue weighted by atomic mass is 10.2. The van der Waals surface area contributed by atoms with Crippen LogP contribution in [0.2, 0.25) is 0 Å². The van der Waals surface area contributed by atoms with Crippen molar-refractivity contribution in [3.05, 3.63) is 46.2 Å². The Bertz CT molecular complexity index is 590. The van der Waals surface area contributed by atoms with E-state index in [1.165, 1.54) is 24.4 Å². The van der Waals surface area contributed by atoms with Gasteiger partial charge in [-0.3, -0.25) is 14.9 Å². The lowest BCUT2D eigenvalue weighted by molar-refractivity contribution is -0.384. The summed E-state index contributed by atoms with van der Waals surface area (Å²) in [5.41, 5.74) is 0.273. The minimum absolute atomic E-state index is 0.0701. The molecule has 0 bridgehead atoms. The SMILES string of the molecule is CCCCNC(=O)/C(C#N)=C\Nc1cccc([N+](=O)[O-])c1. The summed E-state index contributed by atoms with van der Waals surface area (Å²) in [5.74, 6) is -0.469. The highest BCUT2D eigenvalue weighted by molar-refractivity contribution is 5.97. The van der Waals surface area contributed by atoms with Gasteiger partial charge in [0.05, 0.1) is 4.92 Å². The fourth-order valence-corrected chi connectivity index (χ4v) is 1.49. The van der Waals surface area contributed by atoms with Crippen LogP contribution in [0.25, 0.3) is 0 Å². The first-order valence-electron chi connectivity index (χ1n) is 6.48. The molecule has 110 valence electrons. The Kier molecular flexibility index (Phi) is 6.41. The minimum Gasteiger partial charge on any atom is -0.360 e. The molecule has 2 N–H and O–H groups in total. The van der Waals surface area contributed by atoms with Gasteiger partial charge in [-0.15, -0.1) is 0 Å². The average Bonchev–Trinajstić information content (AvgIpc) is 2.48. The number of nitro groups is 1. The second-order valence-electron chi connectivity index (χ2n) is 4.23. The third-order valence-electron chi connectivity index (χ3n) is 2.62. The van der Waals surface area contributed by atoms with Crippen LogP contribution in [0.1, 0.15) is 19.8 Å². The second-order valence-corrected chi connectivity index (χ2v) is 4.23. The number of nitrogens with one attached hydrogen (secondary N) is 2. The van der Waals surface area contributed by atoms with Crippen molar-refractivity contribution in [2.75, 3.05) is 11.9 Å². The molecule has 21 heavy (non-hydrogen) atoms. The average molecular weight is 288 g/mol. The quantitative estimate of drug-likeness (QED) is 0.263. The Morgan fingerprint density at radius 3 is 2.90 bits per heavy atom. The number of benzene rings is 1. The lowest BCUT2D eigenvalue weighted by Gasteiger charge is -2.04. The fourth-order valence-electron chi connectivity index (χ4n) is 1.49. The first kappa shape index (κ1) is 16.2. The van der Waals surface area contributed by atoms with E-state index in [0.29, 0.717) is 12.2 Å². The fraction of sp³-hybridized carbons (Fsp3) is 0.286. The lowest BCUT2D eigenvalue weighted by Crippen LogP contribution is -2.25. The summed E-state index contributed by atoms with van der Waals surface area (Å²) >= 11 is 0. The zero-order valence-corrected chi connectivity index (χ0v) is 11.6. The molecule has 7 heteroatoms. The normalized spacial score (nSPS) is 10.6. The standard InChI is InChI=1S/C14H16N4O3/c1-2-3-7-16-14(19)11(9-15)10-17-12-5-4-6-13(8-12)18(20)21/h4-6,8,10,17H,2-3,7H2,1H3,(H,16,19)/b11-10-. The molecule has 0 unspecified atom stereocenters. The number of nitro benzene ring substituents is 1. The van der Waals surface area contributed by atoms with Gasteiger partial charge in [0.15, 0.2) is 0 Å². The molecule has 1 aromatic carbocycles. The van der Waals surface area contributed by atoms with Crippen LogP contribution < -0.4 is 10.6 Å². The van der Waals surface area contributed by atoms with Crippen molar-refractivity contribution in [2.45, 2.75) is 19.8 Å². The molecule has 0 aromatic heterocycles. The van der Waals surface area contributed by atoms with Crippen LogP contribution in [-0.2, 0) is 4.79 Å². The van der Waals surface area contributed by atoms with Gasteiger partial charge in [0, 0.05) is 30.6 Å². The maximum absolute atomic E-state index is 11.7. The summed E-state index contributed by atoms with van der Waals surface area (Å²) < 4.78 is 0. The smallest absolute Gasteiger partial charge is 0.271 e. The third kappa shape index (κ3) is 5.32. The molecular formula is C14H16N4O3. The summed E-state index contributed by atoms with van der Waals surface area (Å²) in [6.45, 7) is 2.50. The molecule has 1 amide bonds. The number of anilines is 1. The summed E-state index contributed by atoms with van der Waals surface area (Å²) in [4.78, 5) is 21.8. The number of carbonyl (C=O) groups excluding carboxylic acids is 1. The predicted octanol–water partition coefficient (Wildman–Crippen LogP) is 2.33. The van der Waals surface area contributed by atoms with Crippen molar-refractivity contribution in [1.82, 2.24) is 5.32 Å². The van der Waals surface area contributed by atoms with E-state index in [4.69, 9.17) is 5.26 Å². The number of nitrogens with zero attached hydrogens (tertiary/aromatic N) is 2. The number of carbonyl (C=O) groups is 1. The maximum atomic E-state index is 11.7. The Morgan fingerprint density at radius 2 is 2.29 bits per heavy atom. The Hall–Kier alpha value is -2.88. The van der Waals surface area contributed by atoms with E-state index in [-0.39, 0.29) is 11.3 Å². The van der Waals surface area contributed by atoms with E-state index in [2.05, 4.69) is 10.6 Å². The summed E-state index contributed by atoms with van der Waals surface area (Å²) in [5, 5.41) is 24.9. The van der Waals surface area contributed by atoms with Crippen molar-refractivity contribution >= 4 is 17.3 Å². The molecule has 1 rings (SSSR count). The molecule has 0 heterocycles. The molecule has 0 fully saturated rings. The zero-order valence-electron chi connectivity index (χ0n) is 11.6. The van der Waals surface area contributed by atoms with Gasteiger partial charge < -0.3 is 10.6 Å². The van der Waals surface area contributed by atoms with Crippen LogP contribution in [0.5, 0.6) is 0 Å². The second kappa shape index (κ2) is 8.32. The van der Waals surface area contributed by atoms with Crippen molar-refractivity contribution in [2.24, 2.45) is 0 Å². The van der Waals surface area contributed by atoms with Crippen molar-refractivity contribution in [3.8, 4) is 6.07 Å². The molecule has 0 radical (unpaired) electrons. The van der Waals surface area contributed by atoms with Gasteiger partial charge in [0.25, 0.3) is 11.6 Å². The number of hydrogen-bond donors (Lipinski definition) is 2. The topological polar surface area (TPSA) is 108 Å². The van der Waals surface area contributed by atoms with Gasteiger partial charge in [-0.25, -0.2) is 0 Å². The van der Waals surface area contributed by atoms with Crippen molar-refractivity contribution in [1.29, 1.82) is 5.26 Å². The Labute approximate surface area is 122 Å². The molecule has 0 saturated carbocycles. The molecule has 0 atom stereocenters. The first-order chi connectivity index (χ1) is 10.1. The van der Waals surface area contributed by atoms with E-state index >= 15 is 0 Å². The van der Waals surface area contributed by atoms with Crippen molar-refractivity contribution < 1.29 is 9.72 Å². The van der Waals surface area contributed by atoms with Gasteiger partial charge in [-0.2, -0.15) is 5.26 Å². The van der Waals surface area contributed by atoms with Gasteiger partial charge in [-0.05, 0) is 12.5 Å².